The standard InChI is InChI=1S/C18H17ClFNO/c19-16-11-15(6-7-17(16)20)18(22)14-5-3-4-13(10-14)12-21-8-1-2-9-21/h3-7,10-11H,1-2,8-9,12H2. The minimum atomic E-state index is -0.513. The average molecular weight is 318 g/mol. The third kappa shape index (κ3) is 3.37. The first-order valence-electron chi connectivity index (χ1n) is 7.44. The molecule has 1 heterocycles. The zero-order valence-electron chi connectivity index (χ0n) is 12.2. The molecule has 1 saturated heterocycles. The van der Waals surface area contributed by atoms with Crippen molar-refractivity contribution in [2.75, 3.05) is 13.1 Å². The van der Waals surface area contributed by atoms with Gasteiger partial charge in [0.2, 0.25) is 0 Å². The lowest BCUT2D eigenvalue weighted by Crippen LogP contribution is -2.18. The summed E-state index contributed by atoms with van der Waals surface area (Å²) in [6, 6.07) is 11.7. The van der Waals surface area contributed by atoms with Crippen LogP contribution in [0.3, 0.4) is 0 Å². The van der Waals surface area contributed by atoms with Crippen LogP contribution in [0.25, 0.3) is 0 Å². The molecule has 0 spiro atoms. The van der Waals surface area contributed by atoms with E-state index in [9.17, 15) is 9.18 Å². The molecule has 4 heteroatoms. The highest BCUT2D eigenvalue weighted by Gasteiger charge is 2.14. The highest BCUT2D eigenvalue weighted by atomic mass is 35.5. The van der Waals surface area contributed by atoms with Gasteiger partial charge in [-0.15, -0.1) is 0 Å². The fraction of sp³-hybridized carbons (Fsp3) is 0.278. The largest absolute Gasteiger partial charge is 0.299 e. The Hall–Kier alpha value is -1.71. The summed E-state index contributed by atoms with van der Waals surface area (Å²) in [7, 11) is 0. The Morgan fingerprint density at radius 1 is 1.09 bits per heavy atom. The number of carbonyl (C=O) groups is 1. The Kier molecular flexibility index (Phi) is 4.55. The number of nitrogens with zero attached hydrogens (tertiary/aromatic N) is 1. The fourth-order valence-corrected chi connectivity index (χ4v) is 2.99. The highest BCUT2D eigenvalue weighted by Crippen LogP contribution is 2.20. The molecular formula is C18H17ClFNO. The van der Waals surface area contributed by atoms with E-state index in [4.69, 9.17) is 11.6 Å². The molecule has 0 radical (unpaired) electrons. The SMILES string of the molecule is O=C(c1cccc(CN2CCCC2)c1)c1ccc(F)c(Cl)c1. The molecule has 0 saturated carbocycles. The van der Waals surface area contributed by atoms with Crippen LogP contribution in [-0.2, 0) is 6.54 Å². The number of rotatable bonds is 4. The summed E-state index contributed by atoms with van der Waals surface area (Å²) < 4.78 is 13.2. The Bertz CT molecular complexity index is 695. The first-order chi connectivity index (χ1) is 10.6. The Morgan fingerprint density at radius 2 is 1.82 bits per heavy atom. The molecule has 22 heavy (non-hydrogen) atoms. The lowest BCUT2D eigenvalue weighted by atomic mass is 10.0. The van der Waals surface area contributed by atoms with Gasteiger partial charge in [-0.05, 0) is 55.8 Å². The van der Waals surface area contributed by atoms with E-state index in [2.05, 4.69) is 4.90 Å². The van der Waals surface area contributed by atoms with Crippen LogP contribution in [0.1, 0.15) is 34.3 Å². The van der Waals surface area contributed by atoms with Crippen molar-refractivity contribution < 1.29 is 9.18 Å². The fourth-order valence-electron chi connectivity index (χ4n) is 2.81. The molecule has 114 valence electrons. The summed E-state index contributed by atoms with van der Waals surface area (Å²) in [6.07, 6.45) is 2.49. The molecule has 0 N–H and O–H groups in total. The Balaban J connectivity index is 1.81. The third-order valence-electron chi connectivity index (χ3n) is 3.98. The van der Waals surface area contributed by atoms with Crippen molar-refractivity contribution in [3.8, 4) is 0 Å². The molecule has 0 aliphatic carbocycles. The molecule has 3 rings (SSSR count). The lowest BCUT2D eigenvalue weighted by molar-refractivity contribution is 0.103. The number of benzene rings is 2. The van der Waals surface area contributed by atoms with E-state index in [1.54, 1.807) is 6.07 Å². The van der Waals surface area contributed by atoms with E-state index in [1.165, 1.54) is 31.0 Å². The molecule has 2 aromatic rings. The van der Waals surface area contributed by atoms with Gasteiger partial charge in [0, 0.05) is 17.7 Å². The molecule has 0 aromatic heterocycles. The summed E-state index contributed by atoms with van der Waals surface area (Å²) >= 11 is 5.76. The van der Waals surface area contributed by atoms with E-state index >= 15 is 0 Å². The second kappa shape index (κ2) is 6.59. The second-order valence-corrected chi connectivity index (χ2v) is 6.05. The summed E-state index contributed by atoms with van der Waals surface area (Å²) in [5, 5.41) is -0.0286. The second-order valence-electron chi connectivity index (χ2n) is 5.64. The minimum absolute atomic E-state index is 0.0286. The van der Waals surface area contributed by atoms with Gasteiger partial charge in [-0.2, -0.15) is 0 Å². The molecule has 0 amide bonds. The van der Waals surface area contributed by atoms with E-state index < -0.39 is 5.82 Å². The zero-order valence-corrected chi connectivity index (χ0v) is 12.9. The predicted octanol–water partition coefficient (Wildman–Crippen LogP) is 4.31. The van der Waals surface area contributed by atoms with Gasteiger partial charge in [0.15, 0.2) is 5.78 Å². The van der Waals surface area contributed by atoms with Crippen LogP contribution in [0.2, 0.25) is 5.02 Å². The number of halogens is 2. The van der Waals surface area contributed by atoms with Crippen molar-refractivity contribution in [2.24, 2.45) is 0 Å². The maximum absolute atomic E-state index is 13.2. The summed E-state index contributed by atoms with van der Waals surface area (Å²) in [6.45, 7) is 3.10. The van der Waals surface area contributed by atoms with Crippen LogP contribution >= 0.6 is 11.6 Å². The molecular weight excluding hydrogens is 301 g/mol. The van der Waals surface area contributed by atoms with E-state index in [1.807, 2.05) is 18.2 Å². The lowest BCUT2D eigenvalue weighted by Gasteiger charge is -2.15. The van der Waals surface area contributed by atoms with Gasteiger partial charge >= 0.3 is 0 Å². The minimum Gasteiger partial charge on any atom is -0.299 e. The van der Waals surface area contributed by atoms with Crippen molar-refractivity contribution in [1.29, 1.82) is 0 Å². The zero-order chi connectivity index (χ0) is 15.5. The summed E-state index contributed by atoms with van der Waals surface area (Å²) in [5.41, 5.74) is 2.14. The Labute approximate surface area is 134 Å². The van der Waals surface area contributed by atoms with Crippen molar-refractivity contribution in [3.63, 3.8) is 0 Å². The summed E-state index contributed by atoms with van der Waals surface area (Å²) in [4.78, 5) is 14.9. The van der Waals surface area contributed by atoms with Gasteiger partial charge < -0.3 is 0 Å². The average Bonchev–Trinajstić information content (AvgIpc) is 3.02. The molecule has 1 fully saturated rings. The van der Waals surface area contributed by atoms with Crippen molar-refractivity contribution in [3.05, 3.63) is 70.0 Å². The first kappa shape index (κ1) is 15.2. The van der Waals surface area contributed by atoms with Crippen LogP contribution in [0.5, 0.6) is 0 Å². The van der Waals surface area contributed by atoms with Gasteiger partial charge in [0.25, 0.3) is 0 Å². The number of ketones is 1. The van der Waals surface area contributed by atoms with Crippen LogP contribution < -0.4 is 0 Å². The van der Waals surface area contributed by atoms with Gasteiger partial charge in [-0.3, -0.25) is 9.69 Å². The highest BCUT2D eigenvalue weighted by molar-refractivity contribution is 6.31. The van der Waals surface area contributed by atoms with Gasteiger partial charge in [-0.25, -0.2) is 4.39 Å². The number of hydrogen-bond acceptors (Lipinski definition) is 2. The van der Waals surface area contributed by atoms with E-state index in [-0.39, 0.29) is 10.8 Å². The molecule has 2 aromatic carbocycles. The molecule has 0 bridgehead atoms. The molecule has 1 aliphatic heterocycles. The van der Waals surface area contributed by atoms with Gasteiger partial charge in [0.05, 0.1) is 5.02 Å². The molecule has 1 aliphatic rings. The maximum Gasteiger partial charge on any atom is 0.193 e. The van der Waals surface area contributed by atoms with Crippen LogP contribution in [0.4, 0.5) is 4.39 Å². The molecule has 2 nitrogen and oxygen atoms in total. The first-order valence-corrected chi connectivity index (χ1v) is 7.82. The van der Waals surface area contributed by atoms with Gasteiger partial charge in [-0.1, -0.05) is 29.8 Å². The predicted molar refractivity (Wildman–Crippen MR) is 85.8 cm³/mol. The third-order valence-corrected chi connectivity index (χ3v) is 4.27. The molecule has 0 atom stereocenters. The van der Waals surface area contributed by atoms with Crippen LogP contribution in [-0.4, -0.2) is 23.8 Å². The van der Waals surface area contributed by atoms with E-state index in [0.29, 0.717) is 11.1 Å². The molecule has 0 unspecified atom stereocenters. The Morgan fingerprint density at radius 3 is 2.55 bits per heavy atom. The topological polar surface area (TPSA) is 20.3 Å². The quantitative estimate of drug-likeness (QED) is 0.783. The van der Waals surface area contributed by atoms with Gasteiger partial charge in [0.1, 0.15) is 5.82 Å². The van der Waals surface area contributed by atoms with Crippen LogP contribution in [0, 0.1) is 5.82 Å². The number of hydrogen-bond donors (Lipinski definition) is 0. The number of carbonyl (C=O) groups excluding carboxylic acids is 1. The van der Waals surface area contributed by atoms with Crippen molar-refractivity contribution >= 4 is 17.4 Å². The van der Waals surface area contributed by atoms with Crippen molar-refractivity contribution in [2.45, 2.75) is 19.4 Å². The van der Waals surface area contributed by atoms with Crippen LogP contribution in [0.15, 0.2) is 42.5 Å². The maximum atomic E-state index is 13.2. The van der Waals surface area contributed by atoms with Crippen molar-refractivity contribution in [1.82, 2.24) is 4.90 Å². The van der Waals surface area contributed by atoms with E-state index in [0.717, 1.165) is 25.2 Å². The monoisotopic (exact) mass is 317 g/mol. The normalized spacial score (nSPS) is 15.2. The number of likely N-dealkylation sites (tertiary alicyclic amines) is 1. The summed E-state index contributed by atoms with van der Waals surface area (Å²) in [5.74, 6) is -0.647. The smallest absolute Gasteiger partial charge is 0.193 e.